The molecule has 4 nitrogen and oxygen atoms in total. The van der Waals surface area contributed by atoms with E-state index < -0.39 is 0 Å². The van der Waals surface area contributed by atoms with Gasteiger partial charge in [0.25, 0.3) is 0 Å². The van der Waals surface area contributed by atoms with Crippen molar-refractivity contribution in [1.29, 1.82) is 0 Å². The van der Waals surface area contributed by atoms with Crippen molar-refractivity contribution in [2.45, 2.75) is 44.9 Å². The van der Waals surface area contributed by atoms with E-state index in [1.807, 2.05) is 20.0 Å². The number of hydrogen-bond donors (Lipinski definition) is 1. The third-order valence-electron chi connectivity index (χ3n) is 6.75. The minimum atomic E-state index is -0.184. The Morgan fingerprint density at radius 1 is 0.939 bits per heavy atom. The molecule has 1 N–H and O–H groups in total. The molecule has 172 valence electrons. The highest BCUT2D eigenvalue weighted by atomic mass is 16.2. The Labute approximate surface area is 198 Å². The molecule has 1 heterocycles. The maximum atomic E-state index is 13.0. The molecule has 4 rings (SSSR count). The highest BCUT2D eigenvalue weighted by Gasteiger charge is 2.25. The van der Waals surface area contributed by atoms with Crippen molar-refractivity contribution in [3.8, 4) is 11.1 Å². The van der Waals surface area contributed by atoms with Crippen LogP contribution in [0.25, 0.3) is 11.1 Å². The van der Waals surface area contributed by atoms with E-state index in [1.54, 1.807) is 0 Å². The molecule has 1 fully saturated rings. The van der Waals surface area contributed by atoms with E-state index in [4.69, 9.17) is 0 Å². The Morgan fingerprint density at radius 2 is 1.55 bits per heavy atom. The number of nitrogens with zero attached hydrogens (tertiary/aromatic N) is 2. The first kappa shape index (κ1) is 23.2. The first-order chi connectivity index (χ1) is 16.1. The lowest BCUT2D eigenvalue weighted by molar-refractivity contribution is -0.126. The van der Waals surface area contributed by atoms with Crippen molar-refractivity contribution in [3.63, 3.8) is 0 Å². The fraction of sp³-hybridized carbons (Fsp3) is 0.345. The number of piperidine rings is 1. The Balaban J connectivity index is 1.28. The van der Waals surface area contributed by atoms with Gasteiger partial charge >= 0.3 is 0 Å². The van der Waals surface area contributed by atoms with Crippen molar-refractivity contribution in [1.82, 2.24) is 15.1 Å². The van der Waals surface area contributed by atoms with Crippen molar-refractivity contribution < 1.29 is 4.79 Å². The number of likely N-dealkylation sites (tertiary alicyclic amines) is 1. The average molecular weight is 442 g/mol. The van der Waals surface area contributed by atoms with Crippen LogP contribution in [0, 0.1) is 0 Å². The normalized spacial score (nSPS) is 16.0. The molecule has 3 aromatic rings. The minimum Gasteiger partial charge on any atom is -0.352 e. The number of benzene rings is 3. The van der Waals surface area contributed by atoms with Crippen LogP contribution in [0.15, 0.2) is 84.9 Å². The molecule has 0 aliphatic carbocycles. The van der Waals surface area contributed by atoms with Crippen LogP contribution < -0.4 is 5.32 Å². The summed E-state index contributed by atoms with van der Waals surface area (Å²) >= 11 is 0. The van der Waals surface area contributed by atoms with Gasteiger partial charge in [0, 0.05) is 32.2 Å². The summed E-state index contributed by atoms with van der Waals surface area (Å²) in [4.78, 5) is 17.6. The molecule has 0 aromatic heterocycles. The lowest BCUT2D eigenvalue weighted by Gasteiger charge is -2.34. The van der Waals surface area contributed by atoms with Gasteiger partial charge < -0.3 is 5.32 Å². The Morgan fingerprint density at radius 3 is 2.24 bits per heavy atom. The molecule has 1 aliphatic rings. The fourth-order valence-corrected chi connectivity index (χ4v) is 4.56. The van der Waals surface area contributed by atoms with Gasteiger partial charge in [0.2, 0.25) is 5.91 Å². The average Bonchev–Trinajstić information content (AvgIpc) is 2.86. The number of likely N-dealkylation sites (N-methyl/N-ethyl adjacent to an activating group) is 1. The van der Waals surface area contributed by atoms with Crippen LogP contribution in [0.3, 0.4) is 0 Å². The van der Waals surface area contributed by atoms with Crippen LogP contribution in [-0.2, 0) is 17.9 Å². The Kier molecular flexibility index (Phi) is 7.92. The maximum absolute atomic E-state index is 13.0. The van der Waals surface area contributed by atoms with Crippen LogP contribution in [0.5, 0.6) is 0 Å². The number of carbonyl (C=O) groups is 1. The van der Waals surface area contributed by atoms with Gasteiger partial charge in [-0.2, -0.15) is 0 Å². The zero-order valence-electron chi connectivity index (χ0n) is 19.8. The highest BCUT2D eigenvalue weighted by molar-refractivity contribution is 5.81. The molecule has 1 atom stereocenters. The van der Waals surface area contributed by atoms with Crippen molar-refractivity contribution in [2.75, 3.05) is 20.1 Å². The van der Waals surface area contributed by atoms with Crippen molar-refractivity contribution in [2.24, 2.45) is 0 Å². The fourth-order valence-electron chi connectivity index (χ4n) is 4.56. The van der Waals surface area contributed by atoms with Gasteiger partial charge in [-0.05, 0) is 49.1 Å². The summed E-state index contributed by atoms with van der Waals surface area (Å²) < 4.78 is 0. The van der Waals surface area contributed by atoms with Gasteiger partial charge in [-0.1, -0.05) is 84.9 Å². The molecular weight excluding hydrogens is 406 g/mol. The summed E-state index contributed by atoms with van der Waals surface area (Å²) in [6.07, 6.45) is 2.01. The number of hydrogen-bond acceptors (Lipinski definition) is 3. The molecule has 4 heteroatoms. The number of amides is 1. The largest absolute Gasteiger partial charge is 0.352 e. The second kappa shape index (κ2) is 11.3. The van der Waals surface area contributed by atoms with Gasteiger partial charge in [-0.3, -0.25) is 14.6 Å². The summed E-state index contributed by atoms with van der Waals surface area (Å²) in [5.74, 6) is 0.121. The molecule has 0 radical (unpaired) electrons. The molecule has 0 spiro atoms. The summed E-state index contributed by atoms with van der Waals surface area (Å²) in [6.45, 7) is 5.77. The van der Waals surface area contributed by atoms with Gasteiger partial charge in [-0.15, -0.1) is 0 Å². The first-order valence-corrected chi connectivity index (χ1v) is 12.0. The zero-order valence-corrected chi connectivity index (χ0v) is 19.8. The molecule has 1 amide bonds. The van der Waals surface area contributed by atoms with Gasteiger partial charge in [0.15, 0.2) is 0 Å². The second-order valence-corrected chi connectivity index (χ2v) is 9.16. The summed E-state index contributed by atoms with van der Waals surface area (Å²) in [5, 5.41) is 3.31. The molecule has 33 heavy (non-hydrogen) atoms. The molecule has 0 bridgehead atoms. The second-order valence-electron chi connectivity index (χ2n) is 9.16. The van der Waals surface area contributed by atoms with Gasteiger partial charge in [0.1, 0.15) is 0 Å². The predicted molar refractivity (Wildman–Crippen MR) is 136 cm³/mol. The highest BCUT2D eigenvalue weighted by Crippen LogP contribution is 2.25. The molecule has 3 aromatic carbocycles. The van der Waals surface area contributed by atoms with Crippen LogP contribution in [0.4, 0.5) is 0 Å². The standard InChI is InChI=1S/C29H35N3O/c1-23(31(2)22-26-15-9-10-16-28(26)25-13-7-4-8-14-25)29(33)30-27-17-19-32(20-18-27)21-24-11-5-3-6-12-24/h3-16,23,27H,17-22H2,1-2H3,(H,30,33). The molecule has 1 aliphatic heterocycles. The Hall–Kier alpha value is -2.95. The van der Waals surface area contributed by atoms with Crippen LogP contribution in [0.2, 0.25) is 0 Å². The van der Waals surface area contributed by atoms with Crippen LogP contribution >= 0.6 is 0 Å². The lowest BCUT2D eigenvalue weighted by atomic mass is 9.99. The quantitative estimate of drug-likeness (QED) is 0.537. The molecule has 1 unspecified atom stereocenters. The van der Waals surface area contributed by atoms with E-state index >= 15 is 0 Å². The summed E-state index contributed by atoms with van der Waals surface area (Å²) in [7, 11) is 2.04. The van der Waals surface area contributed by atoms with E-state index in [9.17, 15) is 4.79 Å². The number of carbonyl (C=O) groups excluding carboxylic acids is 1. The number of nitrogens with one attached hydrogen (secondary N) is 1. The van der Waals surface area contributed by atoms with E-state index in [1.165, 1.54) is 22.3 Å². The van der Waals surface area contributed by atoms with E-state index in [2.05, 4.69) is 94.0 Å². The summed E-state index contributed by atoms with van der Waals surface area (Å²) in [5.41, 5.74) is 5.02. The van der Waals surface area contributed by atoms with Gasteiger partial charge in [-0.25, -0.2) is 0 Å². The van der Waals surface area contributed by atoms with Crippen LogP contribution in [-0.4, -0.2) is 47.9 Å². The monoisotopic (exact) mass is 441 g/mol. The minimum absolute atomic E-state index is 0.121. The third kappa shape index (κ3) is 6.31. The number of rotatable bonds is 8. The maximum Gasteiger partial charge on any atom is 0.237 e. The van der Waals surface area contributed by atoms with E-state index in [-0.39, 0.29) is 18.0 Å². The van der Waals surface area contributed by atoms with Crippen molar-refractivity contribution >= 4 is 5.91 Å². The first-order valence-electron chi connectivity index (χ1n) is 12.0. The van der Waals surface area contributed by atoms with Gasteiger partial charge in [0.05, 0.1) is 6.04 Å². The van der Waals surface area contributed by atoms with E-state index in [0.29, 0.717) is 0 Å². The molecular formula is C29H35N3O. The topological polar surface area (TPSA) is 35.6 Å². The Bertz CT molecular complexity index is 1010. The smallest absolute Gasteiger partial charge is 0.237 e. The van der Waals surface area contributed by atoms with E-state index in [0.717, 1.165) is 39.0 Å². The molecule has 1 saturated heterocycles. The lowest BCUT2D eigenvalue weighted by Crippen LogP contribution is -2.50. The zero-order chi connectivity index (χ0) is 23.0. The predicted octanol–water partition coefficient (Wildman–Crippen LogP) is 4.95. The summed E-state index contributed by atoms with van der Waals surface area (Å²) in [6, 6.07) is 29.6. The van der Waals surface area contributed by atoms with Crippen LogP contribution in [0.1, 0.15) is 30.9 Å². The SMILES string of the molecule is CC(C(=O)NC1CCN(Cc2ccccc2)CC1)N(C)Cc1ccccc1-c1ccccc1. The molecule has 0 saturated carbocycles. The van der Waals surface area contributed by atoms with Crippen molar-refractivity contribution in [3.05, 3.63) is 96.1 Å². The third-order valence-corrected chi connectivity index (χ3v) is 6.75.